The monoisotopic (exact) mass is 286 g/mol. The molecular weight excluding hydrogens is 275 g/mol. The van der Waals surface area contributed by atoms with E-state index >= 15 is 0 Å². The number of esters is 1. The average Bonchev–Trinajstić information content (AvgIpc) is 2.30. The van der Waals surface area contributed by atoms with E-state index in [-0.39, 0.29) is 12.4 Å². The minimum atomic E-state index is -0.643. The lowest BCUT2D eigenvalue weighted by Gasteiger charge is -2.23. The molecule has 3 nitrogen and oxygen atoms in total. The van der Waals surface area contributed by atoms with E-state index in [0.29, 0.717) is 16.5 Å². The molecule has 1 aliphatic heterocycles. The van der Waals surface area contributed by atoms with Crippen LogP contribution in [0.4, 0.5) is 0 Å². The number of aliphatic hydroxyl groups is 1. The molecule has 0 spiro atoms. The molecule has 1 fully saturated rings. The molecule has 18 heavy (non-hydrogen) atoms. The van der Waals surface area contributed by atoms with Crippen LogP contribution in [0.5, 0.6) is 0 Å². The highest BCUT2D eigenvalue weighted by atomic mass is 35.5. The first kappa shape index (κ1) is 13.4. The Morgan fingerprint density at radius 3 is 2.89 bits per heavy atom. The van der Waals surface area contributed by atoms with E-state index in [1.165, 1.54) is 0 Å². The number of carbonyl (C=O) groups is 1. The van der Waals surface area contributed by atoms with Gasteiger partial charge in [0.2, 0.25) is 0 Å². The molecule has 96 valence electrons. The molecule has 5 heteroatoms. The summed E-state index contributed by atoms with van der Waals surface area (Å²) in [4.78, 5) is 11.2. The Balaban J connectivity index is 2.11. The fourth-order valence-corrected chi connectivity index (χ4v) is 2.16. The standard InChI is InChI=1S/C13H12Cl2O3/c14-11-3-1-2-8(13(11)15)4-5-10-6-9(16)7-12(17)18-10/h1-5,9-10,16H,6-7H2/b5-4+/t9-,10-/m1/s1. The van der Waals surface area contributed by atoms with E-state index in [1.54, 1.807) is 24.3 Å². The molecule has 1 aromatic carbocycles. The first-order chi connectivity index (χ1) is 8.56. The summed E-state index contributed by atoms with van der Waals surface area (Å²) in [6.07, 6.45) is 2.84. The first-order valence-electron chi connectivity index (χ1n) is 5.56. The highest BCUT2D eigenvalue weighted by Crippen LogP contribution is 2.27. The smallest absolute Gasteiger partial charge is 0.309 e. The summed E-state index contributed by atoms with van der Waals surface area (Å²) < 4.78 is 5.09. The van der Waals surface area contributed by atoms with Gasteiger partial charge in [0.1, 0.15) is 6.10 Å². The van der Waals surface area contributed by atoms with Crippen molar-refractivity contribution < 1.29 is 14.6 Å². The summed E-state index contributed by atoms with van der Waals surface area (Å²) in [6, 6.07) is 5.30. The molecule has 0 radical (unpaired) electrons. The van der Waals surface area contributed by atoms with E-state index in [0.717, 1.165) is 5.56 Å². The number of hydrogen-bond acceptors (Lipinski definition) is 3. The topological polar surface area (TPSA) is 46.5 Å². The summed E-state index contributed by atoms with van der Waals surface area (Å²) in [5.41, 5.74) is 0.750. The van der Waals surface area contributed by atoms with Crippen LogP contribution in [0.15, 0.2) is 24.3 Å². The van der Waals surface area contributed by atoms with Crippen molar-refractivity contribution in [2.24, 2.45) is 0 Å². The van der Waals surface area contributed by atoms with E-state index in [9.17, 15) is 9.90 Å². The fourth-order valence-electron chi connectivity index (χ4n) is 1.79. The van der Waals surface area contributed by atoms with Crippen molar-refractivity contribution in [2.45, 2.75) is 25.0 Å². The van der Waals surface area contributed by atoms with Gasteiger partial charge in [0.25, 0.3) is 0 Å². The summed E-state index contributed by atoms with van der Waals surface area (Å²) in [5.74, 6) is -0.388. The minimum Gasteiger partial charge on any atom is -0.458 e. The van der Waals surface area contributed by atoms with Crippen LogP contribution in [0.25, 0.3) is 6.08 Å². The van der Waals surface area contributed by atoms with Crippen LogP contribution in [-0.2, 0) is 9.53 Å². The predicted molar refractivity (Wildman–Crippen MR) is 70.6 cm³/mol. The summed E-state index contributed by atoms with van der Waals surface area (Å²) in [6.45, 7) is 0. The highest BCUT2D eigenvalue weighted by molar-refractivity contribution is 6.42. The number of cyclic esters (lactones) is 1. The average molecular weight is 287 g/mol. The molecule has 0 aliphatic carbocycles. The van der Waals surface area contributed by atoms with Crippen LogP contribution < -0.4 is 0 Å². The summed E-state index contributed by atoms with van der Waals surface area (Å²) in [7, 11) is 0. The Kier molecular flexibility index (Phi) is 4.27. The van der Waals surface area contributed by atoms with Crippen molar-refractivity contribution in [1.29, 1.82) is 0 Å². The Morgan fingerprint density at radius 1 is 1.39 bits per heavy atom. The molecule has 1 aliphatic rings. The lowest BCUT2D eigenvalue weighted by Crippen LogP contribution is -2.31. The largest absolute Gasteiger partial charge is 0.458 e. The molecule has 1 aromatic rings. The zero-order valence-corrected chi connectivity index (χ0v) is 11.0. The van der Waals surface area contributed by atoms with Gasteiger partial charge in [0.05, 0.1) is 22.6 Å². The number of aliphatic hydroxyl groups excluding tert-OH is 1. The second-order valence-electron chi connectivity index (χ2n) is 4.12. The Bertz CT molecular complexity index is 485. The van der Waals surface area contributed by atoms with Crippen LogP contribution in [0.3, 0.4) is 0 Å². The van der Waals surface area contributed by atoms with Gasteiger partial charge in [0, 0.05) is 6.42 Å². The van der Waals surface area contributed by atoms with Crippen molar-refractivity contribution in [3.8, 4) is 0 Å². The maximum Gasteiger partial charge on any atom is 0.309 e. The Labute approximate surface area is 115 Å². The van der Waals surface area contributed by atoms with E-state index in [4.69, 9.17) is 27.9 Å². The van der Waals surface area contributed by atoms with Crippen molar-refractivity contribution in [2.75, 3.05) is 0 Å². The second kappa shape index (κ2) is 5.74. The number of carbonyl (C=O) groups excluding carboxylic acids is 1. The van der Waals surface area contributed by atoms with Crippen LogP contribution in [0.2, 0.25) is 10.0 Å². The zero-order valence-electron chi connectivity index (χ0n) is 9.48. The van der Waals surface area contributed by atoms with Crippen LogP contribution in [-0.4, -0.2) is 23.3 Å². The number of benzene rings is 1. The van der Waals surface area contributed by atoms with E-state index < -0.39 is 12.2 Å². The molecule has 0 unspecified atom stereocenters. The van der Waals surface area contributed by atoms with Crippen molar-refractivity contribution in [1.82, 2.24) is 0 Å². The molecule has 1 saturated heterocycles. The number of halogens is 2. The lowest BCUT2D eigenvalue weighted by atomic mass is 10.0. The number of hydrogen-bond donors (Lipinski definition) is 1. The van der Waals surface area contributed by atoms with Gasteiger partial charge in [-0.2, -0.15) is 0 Å². The highest BCUT2D eigenvalue weighted by Gasteiger charge is 2.25. The molecule has 2 atom stereocenters. The molecule has 1 N–H and O–H groups in total. The molecule has 0 bridgehead atoms. The third-order valence-electron chi connectivity index (χ3n) is 2.66. The van der Waals surface area contributed by atoms with Crippen LogP contribution in [0, 0.1) is 0 Å². The molecule has 0 amide bonds. The molecule has 0 aromatic heterocycles. The summed E-state index contributed by atoms with van der Waals surface area (Å²) in [5, 5.41) is 10.4. The quantitative estimate of drug-likeness (QED) is 0.850. The van der Waals surface area contributed by atoms with E-state index in [1.807, 2.05) is 6.07 Å². The van der Waals surface area contributed by atoms with E-state index in [2.05, 4.69) is 0 Å². The van der Waals surface area contributed by atoms with Crippen LogP contribution in [0.1, 0.15) is 18.4 Å². The predicted octanol–water partition coefficient (Wildman–Crippen LogP) is 3.07. The number of rotatable bonds is 2. The van der Waals surface area contributed by atoms with Gasteiger partial charge in [0.15, 0.2) is 0 Å². The first-order valence-corrected chi connectivity index (χ1v) is 6.31. The fraction of sp³-hybridized carbons (Fsp3) is 0.308. The maximum atomic E-state index is 11.2. The van der Waals surface area contributed by atoms with Gasteiger partial charge >= 0.3 is 5.97 Å². The number of ether oxygens (including phenoxy) is 1. The van der Waals surface area contributed by atoms with Gasteiger partial charge < -0.3 is 9.84 Å². The Hall–Kier alpha value is -1.03. The molecular formula is C13H12Cl2O3. The van der Waals surface area contributed by atoms with Gasteiger partial charge in [-0.05, 0) is 17.7 Å². The third kappa shape index (κ3) is 3.25. The van der Waals surface area contributed by atoms with Crippen molar-refractivity contribution in [3.05, 3.63) is 39.9 Å². The van der Waals surface area contributed by atoms with Crippen molar-refractivity contribution in [3.63, 3.8) is 0 Å². The van der Waals surface area contributed by atoms with Gasteiger partial charge in [-0.25, -0.2) is 0 Å². The summed E-state index contributed by atoms with van der Waals surface area (Å²) >= 11 is 11.9. The second-order valence-corrected chi connectivity index (χ2v) is 4.91. The maximum absolute atomic E-state index is 11.2. The molecule has 1 heterocycles. The minimum absolute atomic E-state index is 0.0578. The SMILES string of the molecule is O=C1C[C@H](O)C[C@@H](/C=C/c2cccc(Cl)c2Cl)O1. The Morgan fingerprint density at radius 2 is 2.17 bits per heavy atom. The zero-order chi connectivity index (χ0) is 13.1. The van der Waals surface area contributed by atoms with Gasteiger partial charge in [-0.1, -0.05) is 41.4 Å². The van der Waals surface area contributed by atoms with Gasteiger partial charge in [-0.15, -0.1) is 0 Å². The normalized spacial score (nSPS) is 24.3. The van der Waals surface area contributed by atoms with Crippen LogP contribution >= 0.6 is 23.2 Å². The molecule has 0 saturated carbocycles. The van der Waals surface area contributed by atoms with Gasteiger partial charge in [-0.3, -0.25) is 4.79 Å². The molecule has 2 rings (SSSR count). The van der Waals surface area contributed by atoms with Crippen molar-refractivity contribution >= 4 is 35.2 Å². The third-order valence-corrected chi connectivity index (χ3v) is 3.49. The lowest BCUT2D eigenvalue weighted by molar-refractivity contribution is -0.156.